The number of nitrogens with two attached hydrogens (primary N) is 1. The van der Waals surface area contributed by atoms with Crippen molar-refractivity contribution in [3.63, 3.8) is 0 Å². The van der Waals surface area contributed by atoms with E-state index in [-0.39, 0.29) is 0 Å². The molecule has 0 unspecified atom stereocenters. The molecule has 6 aromatic rings. The Morgan fingerprint density at radius 2 is 1.68 bits per heavy atom. The summed E-state index contributed by atoms with van der Waals surface area (Å²) in [6, 6.07) is 9.53. The highest BCUT2D eigenvalue weighted by atomic mass is 15.1. The highest BCUT2D eigenvalue weighted by molar-refractivity contribution is 5.96. The lowest BCUT2D eigenvalue weighted by atomic mass is 10.1. The predicted octanol–water partition coefficient (Wildman–Crippen LogP) is 3.60. The standard InChI is InChI=1S/C22H15N9/c23-14-7-13(9-25-10-14)17-8-15-18(11-27-17)30-31-20(15)22-28-16-3-6-26-19(21(16)29-22)12-1-4-24-5-2-12/h1-11H,23H2,(H,28,29)(H,30,31). The van der Waals surface area contributed by atoms with Gasteiger partial charge in [-0.1, -0.05) is 0 Å². The minimum absolute atomic E-state index is 0.584. The second-order valence-electron chi connectivity index (χ2n) is 7.07. The molecule has 0 atom stereocenters. The normalized spacial score (nSPS) is 11.4. The summed E-state index contributed by atoms with van der Waals surface area (Å²) in [6.07, 6.45) is 10.3. The second kappa shape index (κ2) is 6.70. The van der Waals surface area contributed by atoms with Gasteiger partial charge >= 0.3 is 0 Å². The van der Waals surface area contributed by atoms with Gasteiger partial charge in [-0.2, -0.15) is 5.10 Å². The maximum atomic E-state index is 5.88. The van der Waals surface area contributed by atoms with Gasteiger partial charge in [0, 0.05) is 47.5 Å². The summed E-state index contributed by atoms with van der Waals surface area (Å²) >= 11 is 0. The van der Waals surface area contributed by atoms with Crippen LogP contribution in [0.2, 0.25) is 0 Å². The molecule has 0 radical (unpaired) electrons. The maximum Gasteiger partial charge on any atom is 0.159 e. The minimum atomic E-state index is 0.584. The Balaban J connectivity index is 1.51. The largest absolute Gasteiger partial charge is 0.397 e. The van der Waals surface area contributed by atoms with Crippen molar-refractivity contribution in [2.75, 3.05) is 5.73 Å². The molecule has 0 fully saturated rings. The van der Waals surface area contributed by atoms with E-state index in [1.54, 1.807) is 37.2 Å². The molecule has 0 saturated carbocycles. The number of anilines is 1. The number of fused-ring (bicyclic) bond motifs is 2. The van der Waals surface area contributed by atoms with E-state index in [0.717, 1.165) is 44.5 Å². The molecule has 148 valence electrons. The molecule has 0 aliphatic rings. The zero-order valence-corrected chi connectivity index (χ0v) is 16.1. The van der Waals surface area contributed by atoms with Gasteiger partial charge in [0.15, 0.2) is 5.82 Å². The number of hydrogen-bond donors (Lipinski definition) is 3. The van der Waals surface area contributed by atoms with Gasteiger partial charge in [-0.25, -0.2) is 4.98 Å². The summed E-state index contributed by atoms with van der Waals surface area (Å²) in [6.45, 7) is 0. The van der Waals surface area contributed by atoms with E-state index in [1.165, 1.54) is 0 Å². The molecule has 0 aromatic carbocycles. The summed E-state index contributed by atoms with van der Waals surface area (Å²) in [7, 11) is 0. The zero-order chi connectivity index (χ0) is 20.8. The van der Waals surface area contributed by atoms with Gasteiger partial charge in [0.2, 0.25) is 0 Å². The summed E-state index contributed by atoms with van der Waals surface area (Å²) in [5.41, 5.74) is 13.0. The third kappa shape index (κ3) is 2.87. The molecule has 6 aromatic heterocycles. The third-order valence-electron chi connectivity index (χ3n) is 5.08. The fourth-order valence-corrected chi connectivity index (χ4v) is 3.62. The molecule has 31 heavy (non-hydrogen) atoms. The van der Waals surface area contributed by atoms with E-state index in [4.69, 9.17) is 10.7 Å². The lowest BCUT2D eigenvalue weighted by molar-refractivity contribution is 1.10. The van der Waals surface area contributed by atoms with E-state index in [9.17, 15) is 0 Å². The van der Waals surface area contributed by atoms with Gasteiger partial charge in [0.25, 0.3) is 0 Å². The van der Waals surface area contributed by atoms with Crippen molar-refractivity contribution in [1.82, 2.24) is 40.1 Å². The lowest BCUT2D eigenvalue weighted by Gasteiger charge is -2.02. The second-order valence-corrected chi connectivity index (χ2v) is 7.07. The molecule has 0 bridgehead atoms. The molecule has 9 heteroatoms. The Hall–Kier alpha value is -4.66. The van der Waals surface area contributed by atoms with E-state index < -0.39 is 0 Å². The predicted molar refractivity (Wildman–Crippen MR) is 118 cm³/mol. The summed E-state index contributed by atoms with van der Waals surface area (Å²) < 4.78 is 0. The van der Waals surface area contributed by atoms with Crippen LogP contribution < -0.4 is 5.73 Å². The average Bonchev–Trinajstić information content (AvgIpc) is 3.43. The molecule has 0 amide bonds. The maximum absolute atomic E-state index is 5.88. The number of rotatable bonds is 3. The number of pyridine rings is 4. The molecule has 0 aliphatic heterocycles. The number of aromatic nitrogens is 8. The Morgan fingerprint density at radius 3 is 2.55 bits per heavy atom. The lowest BCUT2D eigenvalue weighted by Crippen LogP contribution is -1.90. The topological polar surface area (TPSA) is 135 Å². The Morgan fingerprint density at radius 1 is 0.774 bits per heavy atom. The third-order valence-corrected chi connectivity index (χ3v) is 5.08. The van der Waals surface area contributed by atoms with Crippen LogP contribution in [0.1, 0.15) is 0 Å². The first-order chi connectivity index (χ1) is 15.3. The number of H-pyrrole nitrogens is 2. The van der Waals surface area contributed by atoms with Gasteiger partial charge in [0.1, 0.15) is 11.2 Å². The van der Waals surface area contributed by atoms with Crippen molar-refractivity contribution >= 4 is 27.6 Å². The van der Waals surface area contributed by atoms with E-state index in [0.29, 0.717) is 17.2 Å². The van der Waals surface area contributed by atoms with Crippen LogP contribution in [0.3, 0.4) is 0 Å². The van der Waals surface area contributed by atoms with E-state index in [2.05, 4.69) is 35.1 Å². The molecule has 6 heterocycles. The van der Waals surface area contributed by atoms with Crippen molar-refractivity contribution in [3.8, 4) is 34.0 Å². The van der Waals surface area contributed by atoms with Gasteiger partial charge in [-0.3, -0.25) is 25.0 Å². The first-order valence-electron chi connectivity index (χ1n) is 9.57. The van der Waals surface area contributed by atoms with Crippen molar-refractivity contribution in [2.45, 2.75) is 0 Å². The van der Waals surface area contributed by atoms with Crippen LogP contribution in [-0.4, -0.2) is 40.1 Å². The van der Waals surface area contributed by atoms with Crippen LogP contribution in [0, 0.1) is 0 Å². The van der Waals surface area contributed by atoms with E-state index >= 15 is 0 Å². The fraction of sp³-hybridized carbons (Fsp3) is 0. The Bertz CT molecular complexity index is 1550. The van der Waals surface area contributed by atoms with Crippen molar-refractivity contribution in [2.24, 2.45) is 0 Å². The molecular formula is C22H15N9. The Kier molecular flexibility index (Phi) is 3.72. The van der Waals surface area contributed by atoms with Crippen LogP contribution in [0.15, 0.2) is 67.5 Å². The highest BCUT2D eigenvalue weighted by Gasteiger charge is 2.16. The molecule has 6 rings (SSSR count). The molecule has 9 nitrogen and oxygen atoms in total. The monoisotopic (exact) mass is 405 g/mol. The molecule has 0 spiro atoms. The zero-order valence-electron chi connectivity index (χ0n) is 16.1. The first kappa shape index (κ1) is 17.2. The van der Waals surface area contributed by atoms with Crippen LogP contribution in [0.5, 0.6) is 0 Å². The first-order valence-corrected chi connectivity index (χ1v) is 9.57. The molecular weight excluding hydrogens is 390 g/mol. The number of hydrogen-bond acceptors (Lipinski definition) is 7. The van der Waals surface area contributed by atoms with Crippen LogP contribution in [0.25, 0.3) is 56.0 Å². The SMILES string of the molecule is Nc1cncc(-c2cc3c(-c4nc5c(-c6ccncc6)nccc5[nH]4)n[nH]c3cn2)c1. The molecule has 0 aliphatic carbocycles. The van der Waals surface area contributed by atoms with Crippen LogP contribution in [0.4, 0.5) is 5.69 Å². The fourth-order valence-electron chi connectivity index (χ4n) is 3.62. The Labute approximate surface area is 175 Å². The number of nitrogen functional groups attached to an aromatic ring is 1. The van der Waals surface area contributed by atoms with Crippen LogP contribution >= 0.6 is 0 Å². The van der Waals surface area contributed by atoms with Crippen molar-refractivity contribution in [3.05, 3.63) is 67.5 Å². The number of nitrogens with zero attached hydrogens (tertiary/aromatic N) is 6. The van der Waals surface area contributed by atoms with Gasteiger partial charge < -0.3 is 10.7 Å². The summed E-state index contributed by atoms with van der Waals surface area (Å²) in [5, 5.41) is 8.41. The van der Waals surface area contributed by atoms with Crippen molar-refractivity contribution in [1.29, 1.82) is 0 Å². The number of imidazole rings is 1. The van der Waals surface area contributed by atoms with Crippen LogP contribution in [-0.2, 0) is 0 Å². The minimum Gasteiger partial charge on any atom is -0.397 e. The van der Waals surface area contributed by atoms with Crippen molar-refractivity contribution < 1.29 is 0 Å². The smallest absolute Gasteiger partial charge is 0.159 e. The molecule has 0 saturated heterocycles. The van der Waals surface area contributed by atoms with Gasteiger partial charge in [0.05, 0.1) is 34.3 Å². The molecule has 4 N–H and O–H groups in total. The summed E-state index contributed by atoms with van der Waals surface area (Å²) in [5.74, 6) is 0.646. The number of nitrogens with one attached hydrogen (secondary N) is 2. The quantitative estimate of drug-likeness (QED) is 0.409. The highest BCUT2D eigenvalue weighted by Crippen LogP contribution is 2.31. The number of aromatic amines is 2. The van der Waals surface area contributed by atoms with Gasteiger partial charge in [-0.05, 0) is 30.3 Å². The summed E-state index contributed by atoms with van der Waals surface area (Å²) in [4.78, 5) is 25.5. The average molecular weight is 405 g/mol. The van der Waals surface area contributed by atoms with E-state index in [1.807, 2.05) is 30.3 Å². The van der Waals surface area contributed by atoms with Gasteiger partial charge in [-0.15, -0.1) is 0 Å².